The molecule has 5 nitrogen and oxygen atoms in total. The molecule has 0 aromatic carbocycles. The van der Waals surface area contributed by atoms with Crippen LogP contribution in [0.4, 0.5) is 0 Å². The molecule has 0 radical (unpaired) electrons. The number of nitrogens with zero attached hydrogens (tertiary/aromatic N) is 3. The van der Waals surface area contributed by atoms with Gasteiger partial charge in [-0.25, -0.2) is 4.98 Å². The number of piperidine rings is 1. The van der Waals surface area contributed by atoms with Gasteiger partial charge in [0.2, 0.25) is 5.91 Å². The maximum absolute atomic E-state index is 12.6. The lowest BCUT2D eigenvalue weighted by Crippen LogP contribution is -2.53. The summed E-state index contributed by atoms with van der Waals surface area (Å²) >= 11 is 0. The average Bonchev–Trinajstić information content (AvgIpc) is 2.93. The van der Waals surface area contributed by atoms with Crippen LogP contribution in [0.3, 0.4) is 0 Å². The smallest absolute Gasteiger partial charge is 0.240 e. The number of aromatic nitrogens is 2. The van der Waals surface area contributed by atoms with Crippen LogP contribution in [0.2, 0.25) is 0 Å². The van der Waals surface area contributed by atoms with Crippen LogP contribution in [0.25, 0.3) is 0 Å². The van der Waals surface area contributed by atoms with Gasteiger partial charge in [-0.05, 0) is 18.3 Å². The lowest BCUT2D eigenvalue weighted by atomic mass is 9.86. The highest BCUT2D eigenvalue weighted by molar-refractivity contribution is 5.85. The number of halogens is 2. The molecule has 0 aliphatic carbocycles. The molecular formula is C16H30Cl2N4O. The Morgan fingerprint density at radius 3 is 2.65 bits per heavy atom. The summed E-state index contributed by atoms with van der Waals surface area (Å²) in [6.45, 7) is 9.72. The number of hydrogen-bond acceptors (Lipinski definition) is 3. The lowest BCUT2D eigenvalue weighted by molar-refractivity contribution is -0.136. The standard InChI is InChI=1S/C16H28N4O.2ClH/c1-5-13-18-8-10-20(13)12-7-6-9-19(11-12)15(21)14(17)16(2,3)4;;/h8,10,12,14H,5-7,9,11,17H2,1-4H3;2*1H/t12?,14-;;/m1../s1. The highest BCUT2D eigenvalue weighted by atomic mass is 35.5. The van der Waals surface area contributed by atoms with Crippen LogP contribution >= 0.6 is 24.8 Å². The molecule has 1 aliphatic heterocycles. The Morgan fingerprint density at radius 1 is 1.43 bits per heavy atom. The Hall–Kier alpha value is -0.780. The molecule has 2 rings (SSSR count). The van der Waals surface area contributed by atoms with Gasteiger partial charge >= 0.3 is 0 Å². The van der Waals surface area contributed by atoms with Gasteiger partial charge < -0.3 is 15.2 Å². The zero-order valence-corrected chi connectivity index (χ0v) is 16.1. The van der Waals surface area contributed by atoms with Crippen LogP contribution in [-0.4, -0.2) is 39.5 Å². The normalized spacial score (nSPS) is 19.5. The van der Waals surface area contributed by atoms with Gasteiger partial charge in [-0.2, -0.15) is 0 Å². The summed E-state index contributed by atoms with van der Waals surface area (Å²) in [6.07, 6.45) is 6.91. The first-order valence-electron chi connectivity index (χ1n) is 7.90. The predicted octanol–water partition coefficient (Wildman–Crippen LogP) is 2.83. The van der Waals surface area contributed by atoms with Crippen molar-refractivity contribution in [1.82, 2.24) is 14.5 Å². The Labute approximate surface area is 151 Å². The Bertz CT molecular complexity index is 499. The molecule has 0 saturated carbocycles. The first-order chi connectivity index (χ1) is 9.84. The van der Waals surface area contributed by atoms with E-state index in [4.69, 9.17) is 5.73 Å². The number of imidazole rings is 1. The predicted molar refractivity (Wildman–Crippen MR) is 98.4 cm³/mol. The summed E-state index contributed by atoms with van der Waals surface area (Å²) in [7, 11) is 0. The van der Waals surface area contributed by atoms with E-state index in [9.17, 15) is 4.79 Å². The van der Waals surface area contributed by atoms with Crippen molar-refractivity contribution in [1.29, 1.82) is 0 Å². The zero-order valence-electron chi connectivity index (χ0n) is 14.5. The van der Waals surface area contributed by atoms with Crippen LogP contribution < -0.4 is 5.73 Å². The molecule has 1 unspecified atom stereocenters. The van der Waals surface area contributed by atoms with E-state index in [1.165, 1.54) is 0 Å². The van der Waals surface area contributed by atoms with E-state index >= 15 is 0 Å². The van der Waals surface area contributed by atoms with Gasteiger partial charge in [0.25, 0.3) is 0 Å². The minimum Gasteiger partial charge on any atom is -0.339 e. The van der Waals surface area contributed by atoms with Gasteiger partial charge in [0.05, 0.1) is 12.1 Å². The van der Waals surface area contributed by atoms with Crippen LogP contribution in [-0.2, 0) is 11.2 Å². The highest BCUT2D eigenvalue weighted by Gasteiger charge is 2.33. The van der Waals surface area contributed by atoms with E-state index < -0.39 is 6.04 Å². The van der Waals surface area contributed by atoms with Crippen molar-refractivity contribution < 1.29 is 4.79 Å². The van der Waals surface area contributed by atoms with Gasteiger partial charge in [-0.3, -0.25) is 4.79 Å². The summed E-state index contributed by atoms with van der Waals surface area (Å²) in [5, 5.41) is 0. The largest absolute Gasteiger partial charge is 0.339 e. The van der Waals surface area contributed by atoms with Gasteiger partial charge in [-0.1, -0.05) is 27.7 Å². The van der Waals surface area contributed by atoms with Crippen LogP contribution in [0, 0.1) is 5.41 Å². The van der Waals surface area contributed by atoms with E-state index in [2.05, 4.69) is 16.5 Å². The third-order valence-electron chi connectivity index (χ3n) is 4.37. The SMILES string of the molecule is CCc1nccn1C1CCCN(C(=O)[C@@H](N)C(C)(C)C)C1.Cl.Cl. The Balaban J connectivity index is 0.00000242. The van der Waals surface area contributed by atoms with Crippen LogP contribution in [0.15, 0.2) is 12.4 Å². The van der Waals surface area contributed by atoms with Crippen molar-refractivity contribution in [2.24, 2.45) is 11.1 Å². The summed E-state index contributed by atoms with van der Waals surface area (Å²) < 4.78 is 2.22. The number of rotatable bonds is 3. The summed E-state index contributed by atoms with van der Waals surface area (Å²) in [4.78, 5) is 18.9. The number of hydrogen-bond donors (Lipinski definition) is 1. The minimum absolute atomic E-state index is 0. The van der Waals surface area contributed by atoms with Crippen molar-refractivity contribution in [3.8, 4) is 0 Å². The molecule has 2 N–H and O–H groups in total. The first kappa shape index (κ1) is 22.2. The quantitative estimate of drug-likeness (QED) is 0.896. The highest BCUT2D eigenvalue weighted by Crippen LogP contribution is 2.26. The molecule has 134 valence electrons. The van der Waals surface area contributed by atoms with Crippen LogP contribution in [0.1, 0.15) is 52.4 Å². The second-order valence-electron chi connectivity index (χ2n) is 7.03. The molecule has 2 atom stereocenters. The Kier molecular flexibility index (Phi) is 8.60. The summed E-state index contributed by atoms with van der Waals surface area (Å²) in [5.41, 5.74) is 5.93. The monoisotopic (exact) mass is 364 g/mol. The van der Waals surface area contributed by atoms with Crippen molar-refractivity contribution in [2.45, 2.75) is 59.0 Å². The van der Waals surface area contributed by atoms with E-state index in [1.807, 2.05) is 38.1 Å². The second-order valence-corrected chi connectivity index (χ2v) is 7.03. The molecule has 1 aromatic rings. The van der Waals surface area contributed by atoms with Crippen molar-refractivity contribution in [2.75, 3.05) is 13.1 Å². The maximum atomic E-state index is 12.6. The fraction of sp³-hybridized carbons (Fsp3) is 0.750. The van der Waals surface area contributed by atoms with Gasteiger partial charge in [0, 0.05) is 31.9 Å². The van der Waals surface area contributed by atoms with Gasteiger partial charge in [-0.15, -0.1) is 24.8 Å². The summed E-state index contributed by atoms with van der Waals surface area (Å²) in [5.74, 6) is 1.17. The topological polar surface area (TPSA) is 64.2 Å². The first-order valence-corrected chi connectivity index (χ1v) is 7.90. The molecule has 0 spiro atoms. The number of aryl methyl sites for hydroxylation is 1. The molecule has 0 bridgehead atoms. The molecule has 23 heavy (non-hydrogen) atoms. The molecule has 1 fully saturated rings. The number of amides is 1. The van der Waals surface area contributed by atoms with Crippen molar-refractivity contribution in [3.05, 3.63) is 18.2 Å². The number of carbonyl (C=O) groups excluding carboxylic acids is 1. The third kappa shape index (κ3) is 5.10. The Morgan fingerprint density at radius 2 is 2.09 bits per heavy atom. The second kappa shape index (κ2) is 8.90. The summed E-state index contributed by atoms with van der Waals surface area (Å²) in [6, 6.07) is -0.114. The fourth-order valence-corrected chi connectivity index (χ4v) is 2.90. The van der Waals surface area contributed by atoms with Gasteiger partial charge in [0.15, 0.2) is 0 Å². The molecule has 1 saturated heterocycles. The molecule has 2 heterocycles. The van der Waals surface area contributed by atoms with Crippen LogP contribution in [0.5, 0.6) is 0 Å². The number of carbonyl (C=O) groups is 1. The van der Waals surface area contributed by atoms with Crippen molar-refractivity contribution in [3.63, 3.8) is 0 Å². The van der Waals surface area contributed by atoms with E-state index in [0.29, 0.717) is 6.04 Å². The maximum Gasteiger partial charge on any atom is 0.240 e. The average molecular weight is 365 g/mol. The zero-order chi connectivity index (χ0) is 15.6. The van der Waals surface area contributed by atoms with Gasteiger partial charge in [0.1, 0.15) is 5.82 Å². The third-order valence-corrected chi connectivity index (χ3v) is 4.37. The molecular weight excluding hydrogens is 335 g/mol. The molecule has 1 aliphatic rings. The lowest BCUT2D eigenvalue weighted by Gasteiger charge is -2.38. The fourth-order valence-electron chi connectivity index (χ4n) is 2.90. The molecule has 1 aromatic heterocycles. The van der Waals surface area contributed by atoms with E-state index in [1.54, 1.807) is 0 Å². The van der Waals surface area contributed by atoms with Crippen molar-refractivity contribution >= 4 is 30.7 Å². The number of nitrogens with two attached hydrogens (primary N) is 1. The molecule has 7 heteroatoms. The minimum atomic E-state index is -0.440. The van der Waals surface area contributed by atoms with E-state index in [-0.39, 0.29) is 36.1 Å². The van der Waals surface area contributed by atoms with E-state index in [0.717, 1.165) is 38.2 Å². The number of likely N-dealkylation sites (tertiary alicyclic amines) is 1. The molecule has 1 amide bonds.